The first-order valence-electron chi connectivity index (χ1n) is 9.43. The van der Waals surface area contributed by atoms with Crippen LogP contribution in [0, 0.1) is 0 Å². The van der Waals surface area contributed by atoms with Gasteiger partial charge in [-0.05, 0) is 84.1 Å². The lowest BCUT2D eigenvalue weighted by Gasteiger charge is -2.13. The van der Waals surface area contributed by atoms with Crippen LogP contribution >= 0.6 is 15.9 Å². The number of rotatable bonds is 8. The number of amides is 2. The van der Waals surface area contributed by atoms with Gasteiger partial charge in [-0.3, -0.25) is 9.59 Å². The molecule has 0 heterocycles. The van der Waals surface area contributed by atoms with E-state index in [1.807, 2.05) is 32.0 Å². The van der Waals surface area contributed by atoms with Crippen molar-refractivity contribution < 1.29 is 14.3 Å². The van der Waals surface area contributed by atoms with Crippen LogP contribution in [0.25, 0.3) is 0 Å². The van der Waals surface area contributed by atoms with Gasteiger partial charge in [0.2, 0.25) is 0 Å². The number of nitrogens with one attached hydrogen (secondary N) is 2. The molecule has 0 saturated carbocycles. The quantitative estimate of drug-likeness (QED) is 0.591. The molecule has 1 atom stereocenters. The molecule has 0 aliphatic rings. The summed E-state index contributed by atoms with van der Waals surface area (Å²) in [6.07, 6.45) is 1.06. The molecule has 0 radical (unpaired) electrons. The number of anilines is 1. The van der Waals surface area contributed by atoms with Crippen LogP contribution in [0.2, 0.25) is 0 Å². The summed E-state index contributed by atoms with van der Waals surface area (Å²) in [4.78, 5) is 24.1. The van der Waals surface area contributed by atoms with Gasteiger partial charge in [0, 0.05) is 17.3 Å². The van der Waals surface area contributed by atoms with Gasteiger partial charge >= 0.3 is 0 Å². The van der Waals surface area contributed by atoms with Crippen LogP contribution in [0.1, 0.15) is 56.0 Å². The zero-order valence-electron chi connectivity index (χ0n) is 16.7. The van der Waals surface area contributed by atoms with Crippen molar-refractivity contribution in [2.45, 2.75) is 46.1 Å². The smallest absolute Gasteiger partial charge is 0.262 e. The number of halogens is 1. The molecule has 150 valence electrons. The lowest BCUT2D eigenvalue weighted by molar-refractivity contribution is -0.118. The fourth-order valence-electron chi connectivity index (χ4n) is 2.57. The van der Waals surface area contributed by atoms with E-state index in [9.17, 15) is 9.59 Å². The van der Waals surface area contributed by atoms with Gasteiger partial charge < -0.3 is 15.4 Å². The SMILES string of the molecule is CCC(C)c1ccc(OCC(=O)Nc2ccc(C(=O)NC(C)C)cc2)c(Br)c1. The molecule has 6 heteroatoms. The van der Waals surface area contributed by atoms with Gasteiger partial charge in [-0.15, -0.1) is 0 Å². The standard InChI is InChI=1S/C22H27BrN2O3/c1-5-15(4)17-8-11-20(19(23)12-17)28-13-21(26)25-18-9-6-16(7-10-18)22(27)24-14(2)3/h6-12,14-15H,5,13H2,1-4H3,(H,24,27)(H,25,26). The van der Waals surface area contributed by atoms with Crippen molar-refractivity contribution in [3.8, 4) is 5.75 Å². The average Bonchev–Trinajstić information content (AvgIpc) is 2.66. The van der Waals surface area contributed by atoms with Gasteiger partial charge in [-0.25, -0.2) is 0 Å². The molecule has 2 rings (SSSR count). The second-order valence-corrected chi connectivity index (χ2v) is 7.90. The minimum absolute atomic E-state index is 0.0719. The minimum Gasteiger partial charge on any atom is -0.483 e. The summed E-state index contributed by atoms with van der Waals surface area (Å²) >= 11 is 3.51. The molecule has 0 spiro atoms. The highest BCUT2D eigenvalue weighted by Gasteiger charge is 2.10. The largest absolute Gasteiger partial charge is 0.483 e. The van der Waals surface area contributed by atoms with E-state index in [1.165, 1.54) is 5.56 Å². The van der Waals surface area contributed by atoms with E-state index >= 15 is 0 Å². The van der Waals surface area contributed by atoms with Crippen molar-refractivity contribution in [2.24, 2.45) is 0 Å². The van der Waals surface area contributed by atoms with Gasteiger partial charge in [0.1, 0.15) is 5.75 Å². The van der Waals surface area contributed by atoms with Crippen molar-refractivity contribution in [3.63, 3.8) is 0 Å². The maximum atomic E-state index is 12.2. The van der Waals surface area contributed by atoms with Crippen molar-refractivity contribution >= 4 is 33.4 Å². The number of benzene rings is 2. The molecule has 0 aliphatic heterocycles. The second kappa shape index (κ2) is 10.3. The molecule has 2 aromatic carbocycles. The fraction of sp³-hybridized carbons (Fsp3) is 0.364. The third-order valence-electron chi connectivity index (χ3n) is 4.35. The van der Waals surface area contributed by atoms with Crippen molar-refractivity contribution in [1.29, 1.82) is 0 Å². The summed E-state index contributed by atoms with van der Waals surface area (Å²) in [6.45, 7) is 8.03. The molecular weight excluding hydrogens is 420 g/mol. The van der Waals surface area contributed by atoms with E-state index in [2.05, 4.69) is 40.4 Å². The van der Waals surface area contributed by atoms with Crippen LogP contribution in [0.3, 0.4) is 0 Å². The molecule has 2 N–H and O–H groups in total. The Kier molecular flexibility index (Phi) is 8.05. The van der Waals surface area contributed by atoms with Crippen molar-refractivity contribution in [3.05, 3.63) is 58.1 Å². The van der Waals surface area contributed by atoms with Gasteiger partial charge in [0.15, 0.2) is 6.61 Å². The van der Waals surface area contributed by atoms with Gasteiger partial charge in [-0.1, -0.05) is 19.9 Å². The van der Waals surface area contributed by atoms with E-state index in [4.69, 9.17) is 4.74 Å². The van der Waals surface area contributed by atoms with Crippen LogP contribution < -0.4 is 15.4 Å². The Hall–Kier alpha value is -2.34. The Morgan fingerprint density at radius 1 is 1.07 bits per heavy atom. The predicted molar refractivity (Wildman–Crippen MR) is 116 cm³/mol. The molecule has 0 aliphatic carbocycles. The molecule has 0 saturated heterocycles. The van der Waals surface area contributed by atoms with Gasteiger partial charge in [-0.2, -0.15) is 0 Å². The van der Waals surface area contributed by atoms with Crippen molar-refractivity contribution in [2.75, 3.05) is 11.9 Å². The molecule has 1 unspecified atom stereocenters. The maximum Gasteiger partial charge on any atom is 0.262 e. The first-order chi connectivity index (χ1) is 13.3. The molecule has 0 aromatic heterocycles. The zero-order valence-corrected chi connectivity index (χ0v) is 18.3. The normalized spacial score (nSPS) is 11.8. The number of hydrogen-bond donors (Lipinski definition) is 2. The molecular formula is C22H27BrN2O3. The second-order valence-electron chi connectivity index (χ2n) is 7.04. The van der Waals surface area contributed by atoms with E-state index in [-0.39, 0.29) is 24.5 Å². The third-order valence-corrected chi connectivity index (χ3v) is 4.97. The molecule has 2 aromatic rings. The number of ether oxygens (including phenoxy) is 1. The van der Waals surface area contributed by atoms with Crippen LogP contribution in [0.4, 0.5) is 5.69 Å². The van der Waals surface area contributed by atoms with Gasteiger partial charge in [0.25, 0.3) is 11.8 Å². The fourth-order valence-corrected chi connectivity index (χ4v) is 3.08. The number of hydrogen-bond acceptors (Lipinski definition) is 3. The highest BCUT2D eigenvalue weighted by molar-refractivity contribution is 9.10. The number of carbonyl (C=O) groups excluding carboxylic acids is 2. The van der Waals surface area contributed by atoms with Crippen LogP contribution in [0.5, 0.6) is 5.75 Å². The molecule has 2 amide bonds. The highest BCUT2D eigenvalue weighted by atomic mass is 79.9. The van der Waals surface area contributed by atoms with Gasteiger partial charge in [0.05, 0.1) is 4.47 Å². The average molecular weight is 447 g/mol. The van der Waals surface area contributed by atoms with E-state index in [0.717, 1.165) is 10.9 Å². The minimum atomic E-state index is -0.266. The summed E-state index contributed by atoms with van der Waals surface area (Å²) in [6, 6.07) is 12.8. The Labute approximate surface area is 175 Å². The summed E-state index contributed by atoms with van der Waals surface area (Å²) in [7, 11) is 0. The zero-order chi connectivity index (χ0) is 20.7. The summed E-state index contributed by atoms with van der Waals surface area (Å²) < 4.78 is 6.45. The summed E-state index contributed by atoms with van der Waals surface area (Å²) in [5.41, 5.74) is 2.39. The van der Waals surface area contributed by atoms with Crippen LogP contribution in [-0.4, -0.2) is 24.5 Å². The monoisotopic (exact) mass is 446 g/mol. The van der Waals surface area contributed by atoms with E-state index in [1.54, 1.807) is 24.3 Å². The molecule has 0 fully saturated rings. The van der Waals surface area contributed by atoms with Crippen LogP contribution in [0.15, 0.2) is 46.9 Å². The first kappa shape index (κ1) is 22.0. The lowest BCUT2D eigenvalue weighted by atomic mass is 9.99. The summed E-state index contributed by atoms with van der Waals surface area (Å²) in [5.74, 6) is 0.696. The van der Waals surface area contributed by atoms with Crippen LogP contribution in [-0.2, 0) is 4.79 Å². The Morgan fingerprint density at radius 2 is 1.75 bits per heavy atom. The highest BCUT2D eigenvalue weighted by Crippen LogP contribution is 2.30. The van der Waals surface area contributed by atoms with E-state index in [0.29, 0.717) is 22.9 Å². The predicted octanol–water partition coefficient (Wildman–Crippen LogP) is 5.12. The first-order valence-corrected chi connectivity index (χ1v) is 10.2. The Morgan fingerprint density at radius 3 is 2.32 bits per heavy atom. The maximum absolute atomic E-state index is 12.2. The Balaban J connectivity index is 1.90. The summed E-state index contributed by atoms with van der Waals surface area (Å²) in [5, 5.41) is 5.59. The topological polar surface area (TPSA) is 67.4 Å². The molecule has 5 nitrogen and oxygen atoms in total. The van der Waals surface area contributed by atoms with E-state index < -0.39 is 0 Å². The molecule has 28 heavy (non-hydrogen) atoms. The lowest BCUT2D eigenvalue weighted by Crippen LogP contribution is -2.30. The number of carbonyl (C=O) groups is 2. The van der Waals surface area contributed by atoms with Crippen molar-refractivity contribution in [1.82, 2.24) is 5.32 Å². The Bertz CT molecular complexity index is 819. The molecule has 0 bridgehead atoms. The third kappa shape index (κ3) is 6.37.